The van der Waals surface area contributed by atoms with E-state index in [1.165, 1.54) is 12.0 Å². The number of piperazine rings is 1. The lowest BCUT2D eigenvalue weighted by molar-refractivity contribution is 0.166. The second kappa shape index (κ2) is 8.05. The highest BCUT2D eigenvalue weighted by Crippen LogP contribution is 2.35. The van der Waals surface area contributed by atoms with E-state index in [-0.39, 0.29) is 0 Å². The molecule has 0 bridgehead atoms. The zero-order valence-corrected chi connectivity index (χ0v) is 19.5. The molecule has 164 valence electrons. The monoisotopic (exact) mass is 432 g/mol. The Bertz CT molecular complexity index is 1020. The first kappa shape index (κ1) is 21.5. The second-order valence-corrected chi connectivity index (χ2v) is 10.7. The summed E-state index contributed by atoms with van der Waals surface area (Å²) in [6.07, 6.45) is 3.50. The highest BCUT2D eigenvalue weighted by Gasteiger charge is 2.33. The largest absolute Gasteiger partial charge is 0.424 e. The lowest BCUT2D eigenvalue weighted by Gasteiger charge is -2.34. The molecule has 0 unspecified atom stereocenters. The molecule has 2 aliphatic rings. The highest BCUT2D eigenvalue weighted by molar-refractivity contribution is 7.89. The quantitative estimate of drug-likeness (QED) is 0.721. The van der Waals surface area contributed by atoms with Gasteiger partial charge in [0.1, 0.15) is 0 Å². The summed E-state index contributed by atoms with van der Waals surface area (Å²) in [5.41, 5.74) is 5.04. The summed E-state index contributed by atoms with van der Waals surface area (Å²) >= 11 is 0. The van der Waals surface area contributed by atoms with Gasteiger partial charge >= 0.3 is 0 Å². The van der Waals surface area contributed by atoms with E-state index in [0.29, 0.717) is 49.4 Å². The minimum atomic E-state index is -3.53. The Morgan fingerprint density at radius 2 is 1.43 bits per heavy atom. The maximum atomic E-state index is 13.5. The van der Waals surface area contributed by atoms with Gasteiger partial charge < -0.3 is 4.42 Å². The van der Waals surface area contributed by atoms with Crippen LogP contribution < -0.4 is 0 Å². The van der Waals surface area contributed by atoms with Gasteiger partial charge in [0.05, 0.1) is 11.4 Å². The van der Waals surface area contributed by atoms with Gasteiger partial charge in [-0.2, -0.15) is 4.31 Å². The fourth-order valence-corrected chi connectivity index (χ4v) is 6.43. The Labute approximate surface area is 179 Å². The molecule has 2 fully saturated rings. The average molecular weight is 433 g/mol. The van der Waals surface area contributed by atoms with Crippen molar-refractivity contribution < 1.29 is 12.8 Å². The van der Waals surface area contributed by atoms with Crippen LogP contribution in [0.1, 0.15) is 64.8 Å². The van der Waals surface area contributed by atoms with Crippen molar-refractivity contribution in [2.24, 2.45) is 0 Å². The molecular weight excluding hydrogens is 400 g/mol. The van der Waals surface area contributed by atoms with Gasteiger partial charge in [0, 0.05) is 32.1 Å². The van der Waals surface area contributed by atoms with E-state index in [1.807, 2.05) is 27.7 Å². The first-order valence-corrected chi connectivity index (χ1v) is 12.3. The smallest absolute Gasteiger partial charge is 0.243 e. The van der Waals surface area contributed by atoms with Gasteiger partial charge in [-0.05, 0) is 75.3 Å². The average Bonchev–Trinajstić information content (AvgIpc) is 3.11. The normalized spacial score (nSPS) is 19.2. The summed E-state index contributed by atoms with van der Waals surface area (Å²) < 4.78 is 34.4. The van der Waals surface area contributed by atoms with Crippen molar-refractivity contribution in [3.8, 4) is 0 Å². The third-order valence-corrected chi connectivity index (χ3v) is 9.33. The van der Waals surface area contributed by atoms with Gasteiger partial charge in [-0.1, -0.05) is 6.42 Å². The standard InChI is InChI=1S/C22H32N4O3S/c1-14-15(2)17(4)21(18(5)16(14)3)30(27,28)26-11-9-25(10-12-26)13-20-23-24-22(29-20)19-7-6-8-19/h19H,6-13H2,1-5H3. The topological polar surface area (TPSA) is 79.5 Å². The van der Waals surface area contributed by atoms with E-state index in [2.05, 4.69) is 22.0 Å². The van der Waals surface area contributed by atoms with Crippen molar-refractivity contribution in [3.63, 3.8) is 0 Å². The van der Waals surface area contributed by atoms with E-state index in [1.54, 1.807) is 4.31 Å². The highest BCUT2D eigenvalue weighted by atomic mass is 32.2. The van der Waals surface area contributed by atoms with Gasteiger partial charge in [-0.15, -0.1) is 10.2 Å². The van der Waals surface area contributed by atoms with Crippen LogP contribution >= 0.6 is 0 Å². The molecule has 30 heavy (non-hydrogen) atoms. The second-order valence-electron chi connectivity index (χ2n) is 8.80. The van der Waals surface area contributed by atoms with Crippen molar-refractivity contribution in [1.29, 1.82) is 0 Å². The van der Waals surface area contributed by atoms with Crippen LogP contribution in [0.15, 0.2) is 9.31 Å². The number of hydrogen-bond acceptors (Lipinski definition) is 6. The van der Waals surface area contributed by atoms with Crippen LogP contribution in [0.4, 0.5) is 0 Å². The molecule has 8 heteroatoms. The molecule has 7 nitrogen and oxygen atoms in total. The molecule has 2 heterocycles. The van der Waals surface area contributed by atoms with E-state index in [0.717, 1.165) is 41.0 Å². The Morgan fingerprint density at radius 1 is 0.867 bits per heavy atom. The predicted molar refractivity (Wildman–Crippen MR) is 115 cm³/mol. The van der Waals surface area contributed by atoms with Crippen molar-refractivity contribution in [2.75, 3.05) is 26.2 Å². The Kier molecular flexibility index (Phi) is 5.76. The van der Waals surface area contributed by atoms with Crippen molar-refractivity contribution in [2.45, 2.75) is 71.2 Å². The summed E-state index contributed by atoms with van der Waals surface area (Å²) in [7, 11) is -3.53. The first-order chi connectivity index (χ1) is 14.2. The molecular formula is C22H32N4O3S. The Hall–Kier alpha value is -1.77. The van der Waals surface area contributed by atoms with Crippen LogP contribution in [-0.4, -0.2) is 54.0 Å². The van der Waals surface area contributed by atoms with Crippen molar-refractivity contribution in [1.82, 2.24) is 19.4 Å². The molecule has 1 aliphatic heterocycles. The van der Waals surface area contributed by atoms with E-state index in [9.17, 15) is 8.42 Å². The molecule has 0 N–H and O–H groups in total. The van der Waals surface area contributed by atoms with Crippen LogP contribution in [0.25, 0.3) is 0 Å². The Morgan fingerprint density at radius 3 is 1.97 bits per heavy atom. The molecule has 1 aromatic heterocycles. The fourth-order valence-electron chi connectivity index (χ4n) is 4.45. The van der Waals surface area contributed by atoms with E-state index in [4.69, 9.17) is 4.42 Å². The summed E-state index contributed by atoms with van der Waals surface area (Å²) in [4.78, 5) is 2.67. The maximum Gasteiger partial charge on any atom is 0.243 e. The fraction of sp³-hybridized carbons (Fsp3) is 0.636. The minimum Gasteiger partial charge on any atom is -0.424 e. The van der Waals surface area contributed by atoms with Crippen molar-refractivity contribution >= 4 is 10.0 Å². The lowest BCUT2D eigenvalue weighted by atomic mass is 9.85. The number of aromatic nitrogens is 2. The molecule has 0 radical (unpaired) electrons. The van der Waals surface area contributed by atoms with E-state index < -0.39 is 10.0 Å². The van der Waals surface area contributed by atoms with Crippen LogP contribution in [0, 0.1) is 34.6 Å². The third kappa shape index (κ3) is 3.69. The van der Waals surface area contributed by atoms with Crippen molar-refractivity contribution in [3.05, 3.63) is 39.6 Å². The van der Waals surface area contributed by atoms with Gasteiger partial charge in [-0.25, -0.2) is 8.42 Å². The van der Waals surface area contributed by atoms with Gasteiger partial charge in [-0.3, -0.25) is 4.90 Å². The summed E-state index contributed by atoms with van der Waals surface area (Å²) in [6, 6.07) is 0. The van der Waals surface area contributed by atoms with Crippen LogP contribution in [-0.2, 0) is 16.6 Å². The summed E-state index contributed by atoms with van der Waals surface area (Å²) in [5, 5.41) is 8.38. The van der Waals surface area contributed by atoms with Crippen LogP contribution in [0.2, 0.25) is 0 Å². The van der Waals surface area contributed by atoms with E-state index >= 15 is 0 Å². The summed E-state index contributed by atoms with van der Waals surface area (Å²) in [5.74, 6) is 1.82. The summed E-state index contributed by atoms with van der Waals surface area (Å²) in [6.45, 7) is 12.8. The third-order valence-electron chi connectivity index (χ3n) is 7.16. The zero-order valence-electron chi connectivity index (χ0n) is 18.7. The molecule has 1 aliphatic carbocycles. The predicted octanol–water partition coefficient (Wildman–Crippen LogP) is 3.39. The Balaban J connectivity index is 1.45. The molecule has 1 saturated carbocycles. The molecule has 0 spiro atoms. The molecule has 2 aromatic rings. The lowest BCUT2D eigenvalue weighted by Crippen LogP contribution is -2.48. The minimum absolute atomic E-state index is 0.432. The SMILES string of the molecule is Cc1c(C)c(C)c(S(=O)(=O)N2CCN(Cc3nnc(C4CCC4)o3)CC2)c(C)c1C. The van der Waals surface area contributed by atoms with Crippen LogP contribution in [0.5, 0.6) is 0 Å². The number of nitrogens with zero attached hydrogens (tertiary/aromatic N) is 4. The zero-order chi connectivity index (χ0) is 21.6. The molecule has 0 amide bonds. The van der Waals surface area contributed by atoms with Gasteiger partial charge in [0.15, 0.2) is 0 Å². The number of sulfonamides is 1. The number of rotatable bonds is 5. The maximum absolute atomic E-state index is 13.5. The van der Waals surface area contributed by atoms with Gasteiger partial charge in [0.2, 0.25) is 21.8 Å². The first-order valence-electron chi connectivity index (χ1n) is 10.8. The molecule has 1 aromatic carbocycles. The van der Waals surface area contributed by atoms with Gasteiger partial charge in [0.25, 0.3) is 0 Å². The number of hydrogen-bond donors (Lipinski definition) is 0. The molecule has 4 rings (SSSR count). The molecule has 0 atom stereocenters. The molecule has 1 saturated heterocycles. The van der Waals surface area contributed by atoms with Crippen LogP contribution in [0.3, 0.4) is 0 Å². The number of benzene rings is 1.